The minimum atomic E-state index is -0.799. The summed E-state index contributed by atoms with van der Waals surface area (Å²) in [7, 11) is 0. The van der Waals surface area contributed by atoms with E-state index in [9.17, 15) is 25.5 Å². The molecule has 14 atom stereocenters. The fourth-order valence-corrected chi connectivity index (χ4v) is 11.8. The molecule has 3 aliphatic rings. The molecule has 1 aromatic rings. The second-order valence-electron chi connectivity index (χ2n) is 20.8. The Kier molecular flexibility index (Phi) is 19.9. The Hall–Kier alpha value is -2.87. The third kappa shape index (κ3) is 13.1. The zero-order chi connectivity index (χ0) is 46.0. The molecular formula is C56H87NO5. The molecule has 1 heterocycles. The maximum absolute atomic E-state index is 11.9. The Morgan fingerprint density at radius 3 is 2.10 bits per heavy atom. The topological polar surface area (TPSA) is 114 Å². The molecule has 0 aromatic heterocycles. The summed E-state index contributed by atoms with van der Waals surface area (Å²) in [6.07, 6.45) is 12.6. The highest BCUT2D eigenvalue weighted by Gasteiger charge is 2.48. The molecule has 1 aliphatic heterocycles. The van der Waals surface area contributed by atoms with Gasteiger partial charge >= 0.3 is 0 Å². The van der Waals surface area contributed by atoms with Gasteiger partial charge in [-0.1, -0.05) is 87.4 Å². The maximum Gasteiger partial charge on any atom is 0.0646 e. The van der Waals surface area contributed by atoms with Gasteiger partial charge in [-0.3, -0.25) is 4.99 Å². The number of allylic oxidation sites excluding steroid dienone is 7. The van der Waals surface area contributed by atoms with E-state index in [1.54, 1.807) is 0 Å². The second-order valence-corrected chi connectivity index (χ2v) is 20.8. The fourth-order valence-electron chi connectivity index (χ4n) is 11.8. The monoisotopic (exact) mass is 854 g/mol. The average molecular weight is 854 g/mol. The van der Waals surface area contributed by atoms with Gasteiger partial charge in [0.15, 0.2) is 0 Å². The summed E-state index contributed by atoms with van der Waals surface area (Å²) >= 11 is 0. The summed E-state index contributed by atoms with van der Waals surface area (Å²) in [5, 5.41) is 55.6. The van der Waals surface area contributed by atoms with Crippen molar-refractivity contribution in [1.82, 2.24) is 0 Å². The van der Waals surface area contributed by atoms with Crippen LogP contribution in [0.5, 0.6) is 0 Å². The Balaban J connectivity index is 1.75. The lowest BCUT2D eigenvalue weighted by atomic mass is 9.58. The Bertz CT molecular complexity index is 1770. The molecule has 5 N–H and O–H groups in total. The zero-order valence-electron chi connectivity index (χ0n) is 40.2. The molecule has 0 spiro atoms. The summed E-state index contributed by atoms with van der Waals surface area (Å²) in [6, 6.07) is 4.80. The summed E-state index contributed by atoms with van der Waals surface area (Å²) in [6.45, 7) is 39.5. The van der Waals surface area contributed by atoms with Crippen molar-refractivity contribution in [1.29, 1.82) is 0 Å². The van der Waals surface area contributed by atoms with E-state index < -0.39 is 24.2 Å². The van der Waals surface area contributed by atoms with Crippen LogP contribution < -0.4 is 0 Å². The molecule has 1 aromatic carbocycles. The quantitative estimate of drug-likeness (QED) is 0.0665. The summed E-state index contributed by atoms with van der Waals surface area (Å²) < 4.78 is 0. The van der Waals surface area contributed by atoms with Crippen LogP contribution in [0.1, 0.15) is 153 Å². The minimum absolute atomic E-state index is 0.0262. The minimum Gasteiger partial charge on any atom is -0.396 e. The standard InChI is InChI=1S/C56H87NO5/c1-14-16-37(9)49(26-39(11)48-29-44(25-38(10)40(48)12)42(23-33(2)3)19-18-36(8)35(6)7)51(53-17-15-21-57-53)30-45-27-43(20-22-58)54(60)41(13)50(45)31-46-28-47(32-59)56(62)52(55(46)61)24-34(4)5/h17,21,25,29,36,41-43,45-47,49-52,54-56,58-62H,2,4,6,9,11,14-16,18-20,22-24,26-28,30-32H2,1,3,5,7-8,10,12-13H3. The first kappa shape index (κ1) is 51.8. The van der Waals surface area contributed by atoms with Gasteiger partial charge in [0.05, 0.1) is 18.3 Å². The van der Waals surface area contributed by atoms with Crippen LogP contribution in [0, 0.1) is 73.0 Å². The number of hydrogen-bond donors (Lipinski definition) is 5. The van der Waals surface area contributed by atoms with E-state index in [0.717, 1.165) is 74.6 Å². The molecule has 346 valence electrons. The number of hydrogen-bond acceptors (Lipinski definition) is 6. The van der Waals surface area contributed by atoms with Gasteiger partial charge in [-0.05, 0) is 180 Å². The van der Waals surface area contributed by atoms with E-state index in [1.807, 2.05) is 13.1 Å². The number of aliphatic hydroxyl groups is 5. The van der Waals surface area contributed by atoms with Gasteiger partial charge in [0.25, 0.3) is 0 Å². The first-order valence-corrected chi connectivity index (χ1v) is 24.2. The Labute approximate surface area is 377 Å². The first-order valence-electron chi connectivity index (χ1n) is 24.2. The lowest BCUT2D eigenvalue weighted by Gasteiger charge is -2.49. The van der Waals surface area contributed by atoms with Crippen molar-refractivity contribution in [3.8, 4) is 0 Å². The van der Waals surface area contributed by atoms with Crippen molar-refractivity contribution in [2.75, 3.05) is 13.2 Å². The van der Waals surface area contributed by atoms with Gasteiger partial charge in [0, 0.05) is 49.3 Å². The molecule has 0 saturated heterocycles. The van der Waals surface area contributed by atoms with Gasteiger partial charge < -0.3 is 25.5 Å². The predicted molar refractivity (Wildman–Crippen MR) is 262 cm³/mol. The molecule has 62 heavy (non-hydrogen) atoms. The number of benzene rings is 1. The first-order chi connectivity index (χ1) is 29.3. The van der Waals surface area contributed by atoms with Crippen molar-refractivity contribution in [2.45, 2.75) is 163 Å². The predicted octanol–water partition coefficient (Wildman–Crippen LogP) is 12.0. The molecule has 6 heteroatoms. The van der Waals surface area contributed by atoms with Gasteiger partial charge in [-0.2, -0.15) is 0 Å². The van der Waals surface area contributed by atoms with Crippen molar-refractivity contribution in [3.63, 3.8) is 0 Å². The van der Waals surface area contributed by atoms with Crippen LogP contribution in [-0.2, 0) is 0 Å². The van der Waals surface area contributed by atoms with Gasteiger partial charge in [-0.25, -0.2) is 0 Å². The van der Waals surface area contributed by atoms with Crippen LogP contribution in [0.15, 0.2) is 84.1 Å². The van der Waals surface area contributed by atoms with Crippen molar-refractivity contribution >= 4 is 11.8 Å². The number of aliphatic imine (C=N–C) groups is 1. The number of rotatable bonds is 24. The van der Waals surface area contributed by atoms with Crippen LogP contribution in [0.4, 0.5) is 0 Å². The van der Waals surface area contributed by atoms with E-state index in [-0.39, 0.29) is 60.6 Å². The molecule has 0 amide bonds. The van der Waals surface area contributed by atoms with E-state index in [1.165, 1.54) is 39.0 Å². The Morgan fingerprint density at radius 2 is 1.52 bits per heavy atom. The fraction of sp³-hybridized carbons (Fsp3) is 0.661. The molecule has 14 unspecified atom stereocenters. The van der Waals surface area contributed by atoms with Crippen molar-refractivity contribution in [2.24, 2.45) is 64.2 Å². The molecule has 0 bridgehead atoms. The number of nitrogens with zero attached hydrogens (tertiary/aromatic N) is 1. The zero-order valence-corrected chi connectivity index (χ0v) is 40.2. The van der Waals surface area contributed by atoms with Crippen LogP contribution in [-0.4, -0.2) is 63.3 Å². The lowest BCUT2D eigenvalue weighted by Crippen LogP contribution is -2.51. The van der Waals surface area contributed by atoms with Gasteiger partial charge in [0.1, 0.15) is 0 Å². The van der Waals surface area contributed by atoms with Crippen LogP contribution in [0.3, 0.4) is 0 Å². The number of aliphatic hydroxyl groups excluding tert-OH is 5. The molecule has 2 aliphatic carbocycles. The van der Waals surface area contributed by atoms with E-state index in [0.29, 0.717) is 37.5 Å². The van der Waals surface area contributed by atoms with Crippen LogP contribution in [0.25, 0.3) is 5.57 Å². The molecule has 2 saturated carbocycles. The normalized spacial score (nSPS) is 29.4. The van der Waals surface area contributed by atoms with Gasteiger partial charge in [0.2, 0.25) is 0 Å². The van der Waals surface area contributed by atoms with E-state index in [4.69, 9.17) is 18.2 Å². The third-order valence-electron chi connectivity index (χ3n) is 15.8. The summed E-state index contributed by atoms with van der Waals surface area (Å²) in [4.78, 5) is 5.06. The largest absolute Gasteiger partial charge is 0.396 e. The van der Waals surface area contributed by atoms with E-state index >= 15 is 0 Å². The Morgan fingerprint density at radius 1 is 0.839 bits per heavy atom. The van der Waals surface area contributed by atoms with Crippen molar-refractivity contribution in [3.05, 3.63) is 101 Å². The maximum atomic E-state index is 11.9. The van der Waals surface area contributed by atoms with Gasteiger partial charge in [-0.15, -0.1) is 13.2 Å². The van der Waals surface area contributed by atoms with Crippen molar-refractivity contribution < 1.29 is 25.5 Å². The number of aryl methyl sites for hydroxylation is 1. The third-order valence-corrected chi connectivity index (χ3v) is 15.8. The average Bonchev–Trinajstić information content (AvgIpc) is 3.76. The SMILES string of the molecule is C=C(C)CC(CCC(C)C(=C)C)c1cc(C)c(C)c(C(=C)CC(C(=C)CCC)C(CC2CC(CCO)C(O)C(C)C2CC2CC(CO)C(O)C(CC(=C)C)C2O)C2=CCC=N2)c1. The smallest absolute Gasteiger partial charge is 0.0646 e. The molecule has 4 rings (SSSR count). The van der Waals surface area contributed by atoms with E-state index in [2.05, 4.69) is 86.4 Å². The highest BCUT2D eigenvalue weighted by molar-refractivity contribution is 5.69. The molecule has 6 nitrogen and oxygen atoms in total. The highest BCUT2D eigenvalue weighted by atomic mass is 16.3. The lowest BCUT2D eigenvalue weighted by molar-refractivity contribution is -0.116. The highest BCUT2D eigenvalue weighted by Crippen LogP contribution is 2.51. The molecule has 2 fully saturated rings. The molecular weight excluding hydrogens is 767 g/mol. The second kappa shape index (κ2) is 23.9. The molecule has 0 radical (unpaired) electrons. The summed E-state index contributed by atoms with van der Waals surface area (Å²) in [5.74, 6) is 0.276. The van der Waals surface area contributed by atoms with Crippen LogP contribution in [0.2, 0.25) is 0 Å². The van der Waals surface area contributed by atoms with Crippen LogP contribution >= 0.6 is 0 Å². The summed E-state index contributed by atoms with van der Waals surface area (Å²) in [5.41, 5.74) is 11.9.